The Morgan fingerprint density at radius 3 is 0.820 bits per heavy atom. The molecule has 4 aromatic carbocycles. The van der Waals surface area contributed by atoms with E-state index < -0.39 is 23.7 Å². The summed E-state index contributed by atoms with van der Waals surface area (Å²) in [5.74, 6) is -13.2. The van der Waals surface area contributed by atoms with Gasteiger partial charge in [-0.05, 0) is 211 Å². The quantitative estimate of drug-likeness (QED) is 0.0333. The second kappa shape index (κ2) is 40.9. The summed E-state index contributed by atoms with van der Waals surface area (Å²) in [7, 11) is 3.53. The molecule has 0 atom stereocenters. The lowest BCUT2D eigenvalue weighted by Crippen LogP contribution is -2.47. The zero-order valence-corrected chi connectivity index (χ0v) is 79.4. The van der Waals surface area contributed by atoms with Crippen LogP contribution < -0.4 is 31.9 Å². The zero-order valence-electron chi connectivity index (χ0n) is 79.4. The van der Waals surface area contributed by atoms with E-state index in [9.17, 15) is 59.1 Å². The highest BCUT2D eigenvalue weighted by Gasteiger charge is 2.39. The molecule has 0 radical (unpaired) electrons. The van der Waals surface area contributed by atoms with Gasteiger partial charge in [0.2, 0.25) is 0 Å². The number of rotatable bonds is 19. The maximum absolute atomic E-state index is 13.8. The van der Waals surface area contributed by atoms with Gasteiger partial charge in [0.05, 0.1) is 35.9 Å². The summed E-state index contributed by atoms with van der Waals surface area (Å²) in [5, 5.41) is 18.1. The number of nitrogens with one attached hydrogen (secondary N) is 6. The van der Waals surface area contributed by atoms with Crippen molar-refractivity contribution in [3.05, 3.63) is 211 Å². The van der Waals surface area contributed by atoms with Gasteiger partial charge < -0.3 is 64.7 Å². The highest BCUT2D eigenvalue weighted by molar-refractivity contribution is 6.07. The minimum Gasteiger partial charge on any atom is -0.468 e. The van der Waals surface area contributed by atoms with E-state index in [2.05, 4.69) is 155 Å². The lowest BCUT2D eigenvalue weighted by molar-refractivity contribution is -0.142. The Bertz CT molecular complexity index is 5150. The first-order valence-electron chi connectivity index (χ1n) is 45.3. The van der Waals surface area contributed by atoms with Crippen LogP contribution in [0.5, 0.6) is 0 Å². The van der Waals surface area contributed by atoms with Gasteiger partial charge in [-0.1, -0.05) is 132 Å². The van der Waals surface area contributed by atoms with Gasteiger partial charge in [0.15, 0.2) is 0 Å². The predicted octanol–water partition coefficient (Wildman–Crippen LogP) is 22.2. The smallest absolute Gasteiger partial charge is 0.319 e. The van der Waals surface area contributed by atoms with Crippen molar-refractivity contribution in [2.24, 2.45) is 0 Å². The number of nitrogens with zero attached hydrogens (tertiary/aromatic N) is 7. The number of carbonyl (C=O) groups is 5. The Morgan fingerprint density at radius 1 is 0.344 bits per heavy atom. The van der Waals surface area contributed by atoms with Crippen molar-refractivity contribution in [1.82, 2.24) is 43.6 Å². The normalized spacial score (nSPS) is 17.0. The molecule has 9 heterocycles. The molecule has 8 aromatic rings. The van der Waals surface area contributed by atoms with Crippen molar-refractivity contribution in [3.8, 4) is 0 Å². The molecule has 128 heavy (non-hydrogen) atoms. The third-order valence-electron chi connectivity index (χ3n) is 25.6. The number of halogens is 8. The fraction of sp³-hybridized carbons (Fsp3) is 0.554. The van der Waals surface area contributed by atoms with Crippen LogP contribution in [-0.2, 0) is 54.9 Å². The lowest BCUT2D eigenvalue weighted by Gasteiger charge is -2.41. The summed E-state index contributed by atoms with van der Waals surface area (Å²) in [6.07, 6.45) is 10.4. The van der Waals surface area contributed by atoms with Gasteiger partial charge in [-0.3, -0.25) is 28.9 Å². The van der Waals surface area contributed by atoms with Crippen molar-refractivity contribution in [1.29, 1.82) is 0 Å². The Morgan fingerprint density at radius 2 is 0.578 bits per heavy atom. The second-order valence-electron chi connectivity index (χ2n) is 40.1. The first-order chi connectivity index (χ1) is 59.6. The topological polar surface area (TPSA) is 196 Å². The average Bonchev–Trinajstić information content (AvgIpc) is 1.62. The van der Waals surface area contributed by atoms with Crippen LogP contribution in [0.15, 0.2) is 121 Å². The van der Waals surface area contributed by atoms with E-state index in [0.29, 0.717) is 69.2 Å². The predicted molar refractivity (Wildman–Crippen MR) is 497 cm³/mol. The van der Waals surface area contributed by atoms with Crippen LogP contribution in [-0.4, -0.2) is 155 Å². The second-order valence-corrected chi connectivity index (χ2v) is 40.1. The van der Waals surface area contributed by atoms with Gasteiger partial charge in [-0.2, -0.15) is 0 Å². The molecule has 0 spiro atoms. The maximum Gasteiger partial charge on any atom is 0.319 e. The average molecular weight is 1780 g/mol. The van der Waals surface area contributed by atoms with E-state index in [4.69, 9.17) is 4.74 Å². The molecule has 0 unspecified atom stereocenters. The standard InChI is InChI=1S/C28H40F2N4O.C26H35F2N3O3.C24H33F2N3O.C23H31F2N3O/c1-19-24(26(35)32-21-8-6-7-20(17-21)28(5,29)30)18-25(27(2,3)4)34(19)23-11-15-33(16-12-23)22-9-13-31-14-10-22;1-17-21(24(33)29-19-9-7-8-18(14-19)26(5,27)28)15-22(25(2,3)4)31(17)20-10-12-30(13-11-20)16-23(32)34-6;1-16-20(22(30)27-18-9-7-8-17(14-18)24(5,25)26)15-21(23(2,3)4)29(16)19-10-12-28(6)13-11-19;1-15-19(21(29)27-17-8-6-7-16(13-17)23(5,24)25)14-20(22(2,3)4)28(15)18-9-11-26-12-10-18/h6-8,17-18,22-23,31H,9-16H2,1-5H3,(H,32,35);7-9,14-15,20H,10-13,16H2,1-6H3,(H,29,33);7-9,14-15,19H,10-13H2,1-6H3,(H,27,30);6-8,13-14,18,26H,9-12H2,1-5H3,(H,27,29). The Balaban J connectivity index is 0.000000178. The van der Waals surface area contributed by atoms with Crippen LogP contribution in [0.1, 0.15) is 308 Å². The first kappa shape index (κ1) is 101. The number of aromatic nitrogens is 4. The van der Waals surface area contributed by atoms with E-state index in [1.165, 1.54) is 80.6 Å². The fourth-order valence-corrected chi connectivity index (χ4v) is 18.5. The monoisotopic (exact) mass is 1780 g/mol. The molecule has 0 saturated carbocycles. The lowest BCUT2D eigenvalue weighted by atomic mass is 9.90. The van der Waals surface area contributed by atoms with Crippen LogP contribution in [0.25, 0.3) is 0 Å². The number of esters is 1. The molecule has 5 saturated heterocycles. The molecule has 27 heteroatoms. The van der Waals surface area contributed by atoms with Gasteiger partial charge in [0.1, 0.15) is 0 Å². The molecule has 5 fully saturated rings. The summed E-state index contributed by atoms with van der Waals surface area (Å²) in [6.45, 7) is 47.3. The van der Waals surface area contributed by atoms with Crippen LogP contribution in [0.4, 0.5) is 57.9 Å². The van der Waals surface area contributed by atoms with Gasteiger partial charge in [0, 0.05) is 196 Å². The van der Waals surface area contributed by atoms with Crippen LogP contribution in [0, 0.1) is 27.7 Å². The summed E-state index contributed by atoms with van der Waals surface area (Å²) in [6, 6.07) is 33.3. The number of likely N-dealkylation sites (tertiary alicyclic amines) is 3. The third-order valence-corrected chi connectivity index (χ3v) is 25.6. The number of alkyl halides is 8. The molecule has 0 bridgehead atoms. The molecule has 4 amide bonds. The summed E-state index contributed by atoms with van der Waals surface area (Å²) >= 11 is 0. The highest BCUT2D eigenvalue weighted by atomic mass is 19.3. The van der Waals surface area contributed by atoms with Gasteiger partial charge in [-0.25, -0.2) is 35.1 Å². The fourth-order valence-electron chi connectivity index (χ4n) is 18.5. The maximum atomic E-state index is 13.8. The highest BCUT2D eigenvalue weighted by Crippen LogP contribution is 2.43. The minimum atomic E-state index is -2.98. The largest absolute Gasteiger partial charge is 0.468 e. The number of anilines is 4. The number of methoxy groups -OCH3 is 1. The Hall–Kier alpha value is -9.41. The molecule has 0 aliphatic carbocycles. The number of benzene rings is 4. The van der Waals surface area contributed by atoms with Gasteiger partial charge in [-0.15, -0.1) is 0 Å². The van der Waals surface area contributed by atoms with Crippen LogP contribution in [0.2, 0.25) is 0 Å². The third kappa shape index (κ3) is 25.6. The van der Waals surface area contributed by atoms with Crippen molar-refractivity contribution < 1.29 is 63.8 Å². The van der Waals surface area contributed by atoms with E-state index in [1.807, 2.05) is 52.0 Å². The number of hydrogen-bond acceptors (Lipinski definition) is 11. The number of amides is 4. The first-order valence-corrected chi connectivity index (χ1v) is 45.3. The van der Waals surface area contributed by atoms with Crippen molar-refractivity contribution in [2.45, 2.75) is 278 Å². The van der Waals surface area contributed by atoms with Crippen molar-refractivity contribution >= 4 is 52.3 Å². The number of piperidine rings is 5. The molecule has 6 N–H and O–H groups in total. The van der Waals surface area contributed by atoms with Crippen molar-refractivity contribution in [3.63, 3.8) is 0 Å². The van der Waals surface area contributed by atoms with E-state index in [-0.39, 0.29) is 86.1 Å². The van der Waals surface area contributed by atoms with Crippen LogP contribution >= 0.6 is 0 Å². The SMILES string of the molecule is COC(=O)CN1CCC(n2c(C(C)(C)C)cc(C(=O)Nc3cccc(C(C)(F)F)c3)c2C)CC1.Cc1c(C(=O)Nc2cccc(C(C)(F)F)c2)cc(C(C)(C)C)n1C1CCN(C)CC1.Cc1c(C(=O)Nc2cccc(C(C)(F)F)c2)cc(C(C)(C)C)n1C1CCN(C2CCNCC2)CC1.Cc1c(C(=O)Nc2cccc(C(C)(F)F)c2)cc(C(C)(C)C)n1C1CCNCC1. The summed E-state index contributed by atoms with van der Waals surface area (Å²) < 4.78 is 124. The van der Waals surface area contributed by atoms with Gasteiger partial charge >= 0.3 is 5.97 Å². The molecular weight excluding hydrogens is 1640 g/mol. The molecule has 4 aromatic heterocycles. The van der Waals surface area contributed by atoms with Crippen LogP contribution in [0.3, 0.4) is 0 Å². The molecule has 700 valence electrons. The zero-order chi connectivity index (χ0) is 94.3. The van der Waals surface area contributed by atoms with E-state index in [1.54, 1.807) is 36.4 Å². The molecule has 19 nitrogen and oxygen atoms in total. The minimum absolute atomic E-state index is 0.111. The summed E-state index contributed by atoms with van der Waals surface area (Å²) in [4.78, 5) is 71.3. The molecule has 5 aliphatic rings. The van der Waals surface area contributed by atoms with Gasteiger partial charge in [0.25, 0.3) is 47.3 Å². The van der Waals surface area contributed by atoms with Crippen molar-refractivity contribution in [2.75, 3.05) is 107 Å². The van der Waals surface area contributed by atoms with E-state index in [0.717, 1.165) is 190 Å². The number of hydrogen-bond donors (Lipinski definition) is 6. The molecule has 13 rings (SSSR count). The number of ether oxygens (including phenoxy) is 1. The molecule has 5 aliphatic heterocycles. The summed E-state index contributed by atoms with van der Waals surface area (Å²) in [5.41, 5.74) is 10.9. The Labute approximate surface area is 753 Å². The molecular formula is C101H139F8N13O6. The Kier molecular flexibility index (Phi) is 32.2. The number of carbonyl (C=O) groups excluding carboxylic acids is 5. The van der Waals surface area contributed by atoms with E-state index >= 15 is 0 Å².